The number of sulfonamides is 1. The predicted molar refractivity (Wildman–Crippen MR) is 107 cm³/mol. The second kappa shape index (κ2) is 8.75. The maximum absolute atomic E-state index is 12.4. The minimum atomic E-state index is -3.56. The predicted octanol–water partition coefficient (Wildman–Crippen LogP) is 2.03. The molecule has 154 valence electrons. The molecule has 0 aromatic heterocycles. The van der Waals surface area contributed by atoms with E-state index in [1.165, 1.54) is 26.2 Å². The van der Waals surface area contributed by atoms with Gasteiger partial charge in [-0.05, 0) is 23.3 Å². The lowest BCUT2D eigenvalue weighted by Gasteiger charge is -2.16. The molecule has 2 aromatic rings. The Hall–Kier alpha value is -2.71. The quantitative estimate of drug-likeness (QED) is 0.645. The van der Waals surface area contributed by atoms with Crippen molar-refractivity contribution in [3.05, 3.63) is 65.7 Å². The zero-order valence-electron chi connectivity index (χ0n) is 16.4. The summed E-state index contributed by atoms with van der Waals surface area (Å²) < 4.78 is 30.9. The summed E-state index contributed by atoms with van der Waals surface area (Å²) in [6, 6.07) is 15.9. The van der Waals surface area contributed by atoms with Crippen LogP contribution in [-0.4, -0.2) is 50.1 Å². The Balaban J connectivity index is 1.58. The number of hydrogen-bond acceptors (Lipinski definition) is 5. The monoisotopic (exact) mass is 416 g/mol. The molecule has 1 fully saturated rings. The smallest absolute Gasteiger partial charge is 0.311 e. The number of nitrogens with zero attached hydrogens (tertiary/aromatic N) is 2. The molecule has 0 bridgehead atoms. The molecular formula is C21H24N2O5S. The van der Waals surface area contributed by atoms with Gasteiger partial charge in [-0.2, -0.15) is 0 Å². The van der Waals surface area contributed by atoms with Gasteiger partial charge in [0, 0.05) is 33.6 Å². The Labute approximate surface area is 170 Å². The fourth-order valence-electron chi connectivity index (χ4n) is 3.17. The normalized spacial score (nSPS) is 17.0. The van der Waals surface area contributed by atoms with Crippen molar-refractivity contribution in [1.82, 2.24) is 9.21 Å². The number of hydrogen-bond donors (Lipinski definition) is 0. The first-order chi connectivity index (χ1) is 13.8. The fraction of sp³-hybridized carbons (Fsp3) is 0.333. The number of likely N-dealkylation sites (tertiary alicyclic amines) is 1. The van der Waals surface area contributed by atoms with Crippen LogP contribution in [0.25, 0.3) is 0 Å². The Morgan fingerprint density at radius 2 is 1.79 bits per heavy atom. The third-order valence-corrected chi connectivity index (χ3v) is 6.63. The van der Waals surface area contributed by atoms with E-state index < -0.39 is 21.9 Å². The minimum absolute atomic E-state index is 0.0427. The number of benzene rings is 2. The number of carbonyl (C=O) groups is 2. The van der Waals surface area contributed by atoms with Crippen LogP contribution in [0.4, 0.5) is 0 Å². The summed E-state index contributed by atoms with van der Waals surface area (Å²) in [6.45, 7) is 0.745. The van der Waals surface area contributed by atoms with Crippen LogP contribution < -0.4 is 0 Å². The summed E-state index contributed by atoms with van der Waals surface area (Å²) in [6.07, 6.45) is 0.126. The number of ether oxygens (including phenoxy) is 1. The standard InChI is InChI=1S/C21H24N2O5S/c1-22(2)29(26,27)19-10-6-9-17(11-19)15-28-21(25)18-12-20(24)23(14-18)13-16-7-4-3-5-8-16/h3-11,18H,12-15H2,1-2H3/t18-/m0/s1. The van der Waals surface area contributed by atoms with E-state index >= 15 is 0 Å². The van der Waals surface area contributed by atoms with Crippen molar-refractivity contribution < 1.29 is 22.7 Å². The van der Waals surface area contributed by atoms with E-state index in [-0.39, 0.29) is 23.8 Å². The van der Waals surface area contributed by atoms with E-state index in [0.717, 1.165) is 9.87 Å². The number of carbonyl (C=O) groups excluding carboxylic acids is 2. The maximum atomic E-state index is 12.4. The van der Waals surface area contributed by atoms with Crippen molar-refractivity contribution >= 4 is 21.9 Å². The molecule has 8 heteroatoms. The summed E-state index contributed by atoms with van der Waals surface area (Å²) in [5.74, 6) is -1.04. The molecule has 7 nitrogen and oxygen atoms in total. The van der Waals surface area contributed by atoms with Gasteiger partial charge in [0.1, 0.15) is 6.61 Å². The van der Waals surface area contributed by atoms with Crippen molar-refractivity contribution in [3.63, 3.8) is 0 Å². The molecule has 3 rings (SSSR count). The van der Waals surface area contributed by atoms with Gasteiger partial charge < -0.3 is 9.64 Å². The molecule has 0 spiro atoms. The van der Waals surface area contributed by atoms with Crippen molar-refractivity contribution in [2.75, 3.05) is 20.6 Å². The Morgan fingerprint density at radius 1 is 1.10 bits per heavy atom. The molecule has 29 heavy (non-hydrogen) atoms. The molecule has 1 aliphatic rings. The molecular weight excluding hydrogens is 392 g/mol. The van der Waals surface area contributed by atoms with E-state index in [4.69, 9.17) is 4.74 Å². The Kier molecular flexibility index (Phi) is 6.34. The molecule has 0 aliphatic carbocycles. The molecule has 0 radical (unpaired) electrons. The van der Waals surface area contributed by atoms with Crippen LogP contribution in [0.5, 0.6) is 0 Å². The first-order valence-corrected chi connectivity index (χ1v) is 10.7. The van der Waals surface area contributed by atoms with E-state index in [2.05, 4.69) is 0 Å². The highest BCUT2D eigenvalue weighted by molar-refractivity contribution is 7.89. The second-order valence-electron chi connectivity index (χ2n) is 7.20. The zero-order valence-corrected chi connectivity index (χ0v) is 17.3. The van der Waals surface area contributed by atoms with Crippen LogP contribution in [0.15, 0.2) is 59.5 Å². The summed E-state index contributed by atoms with van der Waals surface area (Å²) in [5.41, 5.74) is 1.58. The third kappa shape index (κ3) is 5.02. The lowest BCUT2D eigenvalue weighted by atomic mass is 10.1. The summed E-state index contributed by atoms with van der Waals surface area (Å²) in [7, 11) is -0.639. The van der Waals surface area contributed by atoms with Gasteiger partial charge in [-0.1, -0.05) is 42.5 Å². The average molecular weight is 416 g/mol. The van der Waals surface area contributed by atoms with Gasteiger partial charge >= 0.3 is 5.97 Å². The van der Waals surface area contributed by atoms with Gasteiger partial charge in [0.2, 0.25) is 15.9 Å². The second-order valence-corrected chi connectivity index (χ2v) is 9.36. The zero-order chi connectivity index (χ0) is 21.0. The van der Waals surface area contributed by atoms with E-state index in [1.807, 2.05) is 30.3 Å². The highest BCUT2D eigenvalue weighted by Gasteiger charge is 2.35. The van der Waals surface area contributed by atoms with Gasteiger partial charge in [0.05, 0.1) is 10.8 Å². The molecule has 1 atom stereocenters. The van der Waals surface area contributed by atoms with Gasteiger partial charge in [-0.15, -0.1) is 0 Å². The highest BCUT2D eigenvalue weighted by atomic mass is 32.2. The van der Waals surface area contributed by atoms with Crippen LogP contribution in [0.1, 0.15) is 17.5 Å². The molecule has 0 unspecified atom stereocenters. The van der Waals surface area contributed by atoms with Crippen LogP contribution in [0.3, 0.4) is 0 Å². The van der Waals surface area contributed by atoms with E-state index in [1.54, 1.807) is 17.0 Å². The molecule has 0 saturated carbocycles. The van der Waals surface area contributed by atoms with Gasteiger partial charge in [-0.3, -0.25) is 9.59 Å². The third-order valence-electron chi connectivity index (χ3n) is 4.82. The van der Waals surface area contributed by atoms with Crippen molar-refractivity contribution in [2.45, 2.75) is 24.5 Å². The molecule has 0 N–H and O–H groups in total. The average Bonchev–Trinajstić information content (AvgIpc) is 3.07. The lowest BCUT2D eigenvalue weighted by Crippen LogP contribution is -2.26. The largest absolute Gasteiger partial charge is 0.461 e. The first kappa shape index (κ1) is 21.0. The molecule has 1 amide bonds. The van der Waals surface area contributed by atoms with Crippen LogP contribution in [0, 0.1) is 5.92 Å². The number of rotatable bonds is 7. The fourth-order valence-corrected chi connectivity index (χ4v) is 4.14. The first-order valence-electron chi connectivity index (χ1n) is 9.27. The molecule has 1 saturated heterocycles. The molecule has 2 aromatic carbocycles. The van der Waals surface area contributed by atoms with Crippen molar-refractivity contribution in [3.8, 4) is 0 Å². The van der Waals surface area contributed by atoms with Crippen LogP contribution in [0.2, 0.25) is 0 Å². The van der Waals surface area contributed by atoms with Crippen LogP contribution >= 0.6 is 0 Å². The van der Waals surface area contributed by atoms with Crippen molar-refractivity contribution in [1.29, 1.82) is 0 Å². The summed E-state index contributed by atoms with van der Waals surface area (Å²) >= 11 is 0. The maximum Gasteiger partial charge on any atom is 0.311 e. The molecule has 1 aliphatic heterocycles. The SMILES string of the molecule is CN(C)S(=O)(=O)c1cccc(COC(=O)[C@H]2CC(=O)N(Cc3ccccc3)C2)c1. The number of esters is 1. The van der Waals surface area contributed by atoms with Gasteiger partial charge in [-0.25, -0.2) is 12.7 Å². The Bertz CT molecular complexity index is 989. The lowest BCUT2D eigenvalue weighted by molar-refractivity contribution is -0.149. The Morgan fingerprint density at radius 3 is 2.48 bits per heavy atom. The summed E-state index contributed by atoms with van der Waals surface area (Å²) in [5, 5.41) is 0. The van der Waals surface area contributed by atoms with E-state index in [9.17, 15) is 18.0 Å². The van der Waals surface area contributed by atoms with E-state index in [0.29, 0.717) is 18.7 Å². The molecule has 1 heterocycles. The van der Waals surface area contributed by atoms with Gasteiger partial charge in [0.25, 0.3) is 0 Å². The highest BCUT2D eigenvalue weighted by Crippen LogP contribution is 2.22. The van der Waals surface area contributed by atoms with Gasteiger partial charge in [0.15, 0.2) is 0 Å². The summed E-state index contributed by atoms with van der Waals surface area (Å²) in [4.78, 5) is 26.5. The topological polar surface area (TPSA) is 84.0 Å². The minimum Gasteiger partial charge on any atom is -0.461 e. The van der Waals surface area contributed by atoms with Crippen LogP contribution in [-0.2, 0) is 37.5 Å². The van der Waals surface area contributed by atoms with Crippen molar-refractivity contribution in [2.24, 2.45) is 5.92 Å². The number of amides is 1.